The number of carbonyl (C=O) groups excluding carboxylic acids is 1. The van der Waals surface area contributed by atoms with Crippen molar-refractivity contribution in [2.45, 2.75) is 55.8 Å². The smallest absolute Gasteiger partial charge is 0.243 e. The first-order valence-electron chi connectivity index (χ1n) is 12.5. The number of nitrogens with zero attached hydrogens (tertiary/aromatic N) is 2. The predicted octanol–water partition coefficient (Wildman–Crippen LogP) is 4.68. The molecule has 0 atom stereocenters. The zero-order chi connectivity index (χ0) is 23.5. The summed E-state index contributed by atoms with van der Waals surface area (Å²) in [6.07, 6.45) is 8.13. The van der Waals surface area contributed by atoms with Gasteiger partial charge in [0, 0.05) is 49.7 Å². The number of hydrogen-bond donors (Lipinski definition) is 1. The van der Waals surface area contributed by atoms with Gasteiger partial charge in [0.15, 0.2) is 0 Å². The zero-order valence-electron chi connectivity index (χ0n) is 19.6. The average Bonchev–Trinajstić information content (AvgIpc) is 3.32. The molecule has 0 spiro atoms. The number of sulfonamides is 1. The van der Waals surface area contributed by atoms with Gasteiger partial charge in [0.2, 0.25) is 15.9 Å². The molecule has 1 aromatic heterocycles. The summed E-state index contributed by atoms with van der Waals surface area (Å²) in [7, 11) is -3.41. The fourth-order valence-electron chi connectivity index (χ4n) is 5.36. The van der Waals surface area contributed by atoms with Crippen LogP contribution in [-0.4, -0.2) is 54.7 Å². The molecule has 5 rings (SSSR count). The van der Waals surface area contributed by atoms with Crippen molar-refractivity contribution in [1.82, 2.24) is 14.2 Å². The van der Waals surface area contributed by atoms with Crippen molar-refractivity contribution < 1.29 is 13.2 Å². The summed E-state index contributed by atoms with van der Waals surface area (Å²) in [5, 5.41) is 1.29. The number of likely N-dealkylation sites (tertiary alicyclic amines) is 1. The Morgan fingerprint density at radius 1 is 0.912 bits per heavy atom. The molecule has 3 heterocycles. The maximum atomic E-state index is 12.8. The van der Waals surface area contributed by atoms with Crippen molar-refractivity contribution in [3.63, 3.8) is 0 Å². The van der Waals surface area contributed by atoms with Crippen LogP contribution in [0.2, 0.25) is 0 Å². The van der Waals surface area contributed by atoms with Gasteiger partial charge in [-0.15, -0.1) is 0 Å². The number of piperidine rings is 2. The Balaban J connectivity index is 1.13. The second kappa shape index (κ2) is 9.92. The molecule has 2 fully saturated rings. The number of amides is 1. The molecule has 0 bridgehead atoms. The lowest BCUT2D eigenvalue weighted by molar-refractivity contribution is -0.132. The maximum Gasteiger partial charge on any atom is 0.243 e. The van der Waals surface area contributed by atoms with Crippen LogP contribution in [0.25, 0.3) is 10.9 Å². The number of rotatable bonds is 6. The Kier molecular flexibility index (Phi) is 6.75. The summed E-state index contributed by atoms with van der Waals surface area (Å²) in [5.41, 5.74) is 3.53. The Hall–Kier alpha value is -2.64. The minimum Gasteiger partial charge on any atom is -0.361 e. The van der Waals surface area contributed by atoms with Gasteiger partial charge in [-0.2, -0.15) is 4.31 Å². The molecule has 7 heteroatoms. The van der Waals surface area contributed by atoms with E-state index < -0.39 is 10.0 Å². The Morgan fingerprint density at radius 3 is 2.35 bits per heavy atom. The number of fused-ring (bicyclic) bond motifs is 1. The molecule has 0 unspecified atom stereocenters. The lowest BCUT2D eigenvalue weighted by atomic mass is 9.89. The fraction of sp³-hybridized carbons (Fsp3) is 0.444. The minimum absolute atomic E-state index is 0.183. The zero-order valence-corrected chi connectivity index (χ0v) is 20.4. The normalized spacial score (nSPS) is 18.4. The van der Waals surface area contributed by atoms with Gasteiger partial charge in [-0.3, -0.25) is 4.79 Å². The third-order valence-corrected chi connectivity index (χ3v) is 9.33. The number of nitrogens with one attached hydrogen (secondary N) is 1. The summed E-state index contributed by atoms with van der Waals surface area (Å²) in [6, 6.07) is 15.5. The molecule has 0 aliphatic carbocycles. The summed E-state index contributed by atoms with van der Waals surface area (Å²) in [5.74, 6) is 0.664. The van der Waals surface area contributed by atoms with Crippen LogP contribution in [0.5, 0.6) is 0 Å². The van der Waals surface area contributed by atoms with Crippen LogP contribution in [0, 0.1) is 0 Å². The molecular weight excluding hydrogens is 446 g/mol. The van der Waals surface area contributed by atoms with Gasteiger partial charge < -0.3 is 9.88 Å². The van der Waals surface area contributed by atoms with Gasteiger partial charge >= 0.3 is 0 Å². The topological polar surface area (TPSA) is 73.5 Å². The number of aromatic nitrogens is 1. The van der Waals surface area contributed by atoms with Crippen molar-refractivity contribution in [3.05, 3.63) is 65.9 Å². The molecule has 34 heavy (non-hydrogen) atoms. The van der Waals surface area contributed by atoms with E-state index in [1.807, 2.05) is 23.1 Å². The molecule has 2 aliphatic heterocycles. The van der Waals surface area contributed by atoms with Crippen molar-refractivity contribution in [1.29, 1.82) is 0 Å². The molecule has 2 saturated heterocycles. The summed E-state index contributed by atoms with van der Waals surface area (Å²) in [6.45, 7) is 2.79. The first-order valence-corrected chi connectivity index (χ1v) is 13.9. The number of carbonyl (C=O) groups is 1. The Labute approximate surface area is 202 Å². The van der Waals surface area contributed by atoms with Gasteiger partial charge in [0.1, 0.15) is 0 Å². The second-order valence-electron chi connectivity index (χ2n) is 9.55. The molecular formula is C27H33N3O3S. The van der Waals surface area contributed by atoms with Crippen LogP contribution in [0.1, 0.15) is 55.6 Å². The van der Waals surface area contributed by atoms with Gasteiger partial charge in [0.05, 0.1) is 4.90 Å². The molecule has 3 aromatic rings. The van der Waals surface area contributed by atoms with Crippen molar-refractivity contribution in [2.24, 2.45) is 0 Å². The van der Waals surface area contributed by atoms with E-state index in [0.29, 0.717) is 36.7 Å². The van der Waals surface area contributed by atoms with E-state index in [2.05, 4.69) is 29.4 Å². The summed E-state index contributed by atoms with van der Waals surface area (Å²) >= 11 is 0. The van der Waals surface area contributed by atoms with Gasteiger partial charge in [-0.1, -0.05) is 36.8 Å². The minimum atomic E-state index is -3.41. The molecule has 2 aromatic carbocycles. The molecule has 6 nitrogen and oxygen atoms in total. The third-order valence-electron chi connectivity index (χ3n) is 7.41. The van der Waals surface area contributed by atoms with E-state index >= 15 is 0 Å². The van der Waals surface area contributed by atoms with Gasteiger partial charge in [0.25, 0.3) is 0 Å². The maximum absolute atomic E-state index is 12.8. The largest absolute Gasteiger partial charge is 0.361 e. The molecule has 180 valence electrons. The van der Waals surface area contributed by atoms with Crippen LogP contribution < -0.4 is 0 Å². The van der Waals surface area contributed by atoms with Crippen LogP contribution in [-0.2, 0) is 21.2 Å². The van der Waals surface area contributed by atoms with Crippen molar-refractivity contribution in [2.75, 3.05) is 26.2 Å². The highest BCUT2D eigenvalue weighted by molar-refractivity contribution is 7.89. The molecule has 0 saturated carbocycles. The van der Waals surface area contributed by atoms with E-state index in [1.54, 1.807) is 16.4 Å². The van der Waals surface area contributed by atoms with Crippen LogP contribution in [0.3, 0.4) is 0 Å². The number of benzene rings is 2. The number of aromatic amines is 1. The molecule has 1 amide bonds. The number of aryl methyl sites for hydroxylation is 1. The van der Waals surface area contributed by atoms with E-state index in [-0.39, 0.29) is 5.91 Å². The quantitative estimate of drug-likeness (QED) is 0.558. The van der Waals surface area contributed by atoms with Crippen molar-refractivity contribution in [3.8, 4) is 0 Å². The van der Waals surface area contributed by atoms with E-state index in [1.165, 1.54) is 16.5 Å². The van der Waals surface area contributed by atoms with Crippen LogP contribution >= 0.6 is 0 Å². The molecule has 0 radical (unpaired) electrons. The number of hydrogen-bond acceptors (Lipinski definition) is 3. The Bertz CT molecular complexity index is 1240. The first-order chi connectivity index (χ1) is 16.5. The molecule has 1 N–H and O–H groups in total. The standard InChI is InChI=1S/C27H33N3O3S/c31-27(29-18-14-22(15-19-29)25-20-28-26-7-3-2-6-24(25)26)13-10-21-8-11-23(12-9-21)34(32,33)30-16-4-1-5-17-30/h2-3,6-9,11-12,20,22,28H,1,4-5,10,13-19H2. The number of para-hydroxylation sites is 1. The highest BCUT2D eigenvalue weighted by Gasteiger charge is 2.27. The Morgan fingerprint density at radius 2 is 1.62 bits per heavy atom. The highest BCUT2D eigenvalue weighted by atomic mass is 32.2. The van der Waals surface area contributed by atoms with E-state index in [9.17, 15) is 13.2 Å². The monoisotopic (exact) mass is 479 g/mol. The van der Waals surface area contributed by atoms with E-state index in [4.69, 9.17) is 0 Å². The average molecular weight is 480 g/mol. The number of H-pyrrole nitrogens is 1. The second-order valence-corrected chi connectivity index (χ2v) is 11.5. The SMILES string of the molecule is O=C(CCc1ccc(S(=O)(=O)N2CCCCC2)cc1)N1CCC(c2c[nH]c3ccccc23)CC1. The molecule has 2 aliphatic rings. The lowest BCUT2D eigenvalue weighted by Crippen LogP contribution is -2.38. The third kappa shape index (κ3) is 4.77. The van der Waals surface area contributed by atoms with Gasteiger partial charge in [-0.05, 0) is 67.3 Å². The highest BCUT2D eigenvalue weighted by Crippen LogP contribution is 2.33. The summed E-state index contributed by atoms with van der Waals surface area (Å²) < 4.78 is 27.2. The van der Waals surface area contributed by atoms with Gasteiger partial charge in [-0.25, -0.2) is 8.42 Å². The fourth-order valence-corrected chi connectivity index (χ4v) is 6.88. The lowest BCUT2D eigenvalue weighted by Gasteiger charge is -2.32. The summed E-state index contributed by atoms with van der Waals surface area (Å²) in [4.78, 5) is 18.5. The van der Waals surface area contributed by atoms with E-state index in [0.717, 1.165) is 50.8 Å². The van der Waals surface area contributed by atoms with Crippen LogP contribution in [0.4, 0.5) is 0 Å². The predicted molar refractivity (Wildman–Crippen MR) is 134 cm³/mol. The first kappa shape index (κ1) is 23.1. The van der Waals surface area contributed by atoms with Crippen LogP contribution in [0.15, 0.2) is 59.6 Å². The van der Waals surface area contributed by atoms with Crippen molar-refractivity contribution >= 4 is 26.8 Å².